The van der Waals surface area contributed by atoms with Crippen LogP contribution in [0.4, 0.5) is 0 Å². The second kappa shape index (κ2) is 4.91. The summed E-state index contributed by atoms with van der Waals surface area (Å²) in [6.45, 7) is 0. The Labute approximate surface area is 103 Å². The average Bonchev–Trinajstić information content (AvgIpc) is 2.04. The third kappa shape index (κ3) is 4.11. The molecule has 1 rings (SSSR count). The smallest absolute Gasteiger partial charge is 0.187 e. The van der Waals surface area contributed by atoms with Crippen molar-refractivity contribution in [3.63, 3.8) is 0 Å². The third-order valence-electron chi connectivity index (χ3n) is 1.63. The molecule has 1 aromatic carbocycles. The van der Waals surface area contributed by atoms with Crippen molar-refractivity contribution in [1.82, 2.24) is 0 Å². The summed E-state index contributed by atoms with van der Waals surface area (Å²) in [7, 11) is 0. The van der Waals surface area contributed by atoms with Crippen LogP contribution in [0, 0.1) is 0 Å². The van der Waals surface area contributed by atoms with E-state index in [0.29, 0.717) is 0 Å². The minimum atomic E-state index is -1.05. The van der Waals surface area contributed by atoms with E-state index in [9.17, 15) is 5.11 Å². The Morgan fingerprint density at radius 2 is 1.77 bits per heavy atom. The Kier molecular flexibility index (Phi) is 4.42. The van der Waals surface area contributed by atoms with Gasteiger partial charge in [0.25, 0.3) is 0 Å². The van der Waals surface area contributed by atoms with Gasteiger partial charge in [-0.15, -0.1) is 0 Å². The molecule has 72 valence electrons. The molecule has 0 aliphatic heterocycles. The molecule has 0 aromatic heterocycles. The molecular weight excluding hydrogens is 364 g/mol. The molecule has 0 aliphatic carbocycles. The van der Waals surface area contributed by atoms with Crippen molar-refractivity contribution in [3.05, 3.63) is 35.9 Å². The first-order valence-corrected chi connectivity index (χ1v) is 6.28. The molecule has 0 fully saturated rings. The fourth-order valence-electron chi connectivity index (χ4n) is 0.944. The monoisotopic (exact) mass is 370 g/mol. The molecular formula is C9H9Br3O. The van der Waals surface area contributed by atoms with E-state index >= 15 is 0 Å². The highest BCUT2D eigenvalue weighted by Gasteiger charge is 2.28. The highest BCUT2D eigenvalue weighted by molar-refractivity contribution is 9.26. The van der Waals surface area contributed by atoms with Crippen molar-refractivity contribution in [3.8, 4) is 0 Å². The minimum Gasteiger partial charge on any atom is -0.368 e. The lowest BCUT2D eigenvalue weighted by atomic mass is 10.1. The largest absolute Gasteiger partial charge is 0.368 e. The van der Waals surface area contributed by atoms with Gasteiger partial charge in [-0.2, -0.15) is 0 Å². The predicted octanol–water partition coefficient (Wildman–Crippen LogP) is 3.43. The quantitative estimate of drug-likeness (QED) is 0.806. The van der Waals surface area contributed by atoms with Gasteiger partial charge in [0.15, 0.2) is 3.42 Å². The molecule has 0 saturated carbocycles. The number of rotatable bonds is 3. The Bertz CT molecular complexity index is 255. The fourth-order valence-corrected chi connectivity index (χ4v) is 1.64. The van der Waals surface area contributed by atoms with Gasteiger partial charge in [-0.25, -0.2) is 0 Å². The molecule has 1 aromatic rings. The maximum absolute atomic E-state index is 9.53. The van der Waals surface area contributed by atoms with Gasteiger partial charge in [0.1, 0.15) is 0 Å². The summed E-state index contributed by atoms with van der Waals surface area (Å²) in [6.07, 6.45) is 0.758. The second-order valence-electron chi connectivity index (χ2n) is 2.75. The van der Waals surface area contributed by atoms with E-state index in [2.05, 4.69) is 47.8 Å². The van der Waals surface area contributed by atoms with Crippen LogP contribution < -0.4 is 0 Å². The van der Waals surface area contributed by atoms with Crippen LogP contribution in [0.15, 0.2) is 30.3 Å². The maximum Gasteiger partial charge on any atom is 0.187 e. The van der Waals surface area contributed by atoms with Crippen molar-refractivity contribution in [1.29, 1.82) is 0 Å². The van der Waals surface area contributed by atoms with Crippen molar-refractivity contribution in [2.24, 2.45) is 0 Å². The Morgan fingerprint density at radius 1 is 1.23 bits per heavy atom. The topological polar surface area (TPSA) is 20.2 Å². The Hall–Kier alpha value is 0.620. The number of aliphatic hydroxyl groups is 1. The third-order valence-corrected chi connectivity index (χ3v) is 4.96. The number of benzene rings is 1. The van der Waals surface area contributed by atoms with Crippen LogP contribution in [-0.2, 0) is 6.42 Å². The molecule has 0 spiro atoms. The first-order valence-electron chi connectivity index (χ1n) is 3.78. The Morgan fingerprint density at radius 3 is 2.23 bits per heavy atom. The number of hydrogen-bond donors (Lipinski definition) is 1. The van der Waals surface area contributed by atoms with Crippen LogP contribution in [0.3, 0.4) is 0 Å². The lowest BCUT2D eigenvalue weighted by Crippen LogP contribution is -2.25. The molecule has 13 heavy (non-hydrogen) atoms. The molecule has 0 radical (unpaired) electrons. The SMILES string of the molecule is OC(Br)(Br)C(Br)Cc1ccccc1. The zero-order valence-corrected chi connectivity index (χ0v) is 11.5. The normalized spacial score (nSPS) is 14.2. The van der Waals surface area contributed by atoms with Crippen molar-refractivity contribution in [2.45, 2.75) is 14.7 Å². The summed E-state index contributed by atoms with van der Waals surface area (Å²) in [5.74, 6) is 0. The molecule has 0 saturated heterocycles. The summed E-state index contributed by atoms with van der Waals surface area (Å²) in [5, 5.41) is 9.53. The molecule has 1 N–H and O–H groups in total. The van der Waals surface area contributed by atoms with Crippen LogP contribution in [0.1, 0.15) is 5.56 Å². The van der Waals surface area contributed by atoms with E-state index < -0.39 is 3.42 Å². The van der Waals surface area contributed by atoms with E-state index in [-0.39, 0.29) is 4.83 Å². The lowest BCUT2D eigenvalue weighted by Gasteiger charge is -2.19. The molecule has 0 bridgehead atoms. The zero-order valence-electron chi connectivity index (χ0n) is 6.75. The highest BCUT2D eigenvalue weighted by atomic mass is 79.9. The molecule has 0 amide bonds. The lowest BCUT2D eigenvalue weighted by molar-refractivity contribution is 0.242. The average molecular weight is 373 g/mol. The maximum atomic E-state index is 9.53. The van der Waals surface area contributed by atoms with E-state index in [1.54, 1.807) is 0 Å². The Balaban J connectivity index is 2.61. The van der Waals surface area contributed by atoms with Crippen LogP contribution in [0.25, 0.3) is 0 Å². The first-order chi connectivity index (χ1) is 6.00. The van der Waals surface area contributed by atoms with Crippen molar-refractivity contribution >= 4 is 47.8 Å². The van der Waals surface area contributed by atoms with Crippen molar-refractivity contribution < 1.29 is 5.11 Å². The van der Waals surface area contributed by atoms with E-state index in [0.717, 1.165) is 6.42 Å². The van der Waals surface area contributed by atoms with Crippen LogP contribution in [0.2, 0.25) is 0 Å². The van der Waals surface area contributed by atoms with Gasteiger partial charge in [0.05, 0.1) is 4.83 Å². The van der Waals surface area contributed by atoms with Gasteiger partial charge in [-0.1, -0.05) is 46.3 Å². The van der Waals surface area contributed by atoms with Gasteiger partial charge < -0.3 is 5.11 Å². The fraction of sp³-hybridized carbons (Fsp3) is 0.333. The molecule has 4 heteroatoms. The summed E-state index contributed by atoms with van der Waals surface area (Å²) >= 11 is 9.64. The van der Waals surface area contributed by atoms with Crippen LogP contribution in [-0.4, -0.2) is 13.4 Å². The summed E-state index contributed by atoms with van der Waals surface area (Å²) in [4.78, 5) is -0.0672. The van der Waals surface area contributed by atoms with Crippen LogP contribution >= 0.6 is 47.8 Å². The number of alkyl halides is 3. The molecule has 0 heterocycles. The molecule has 0 aliphatic rings. The highest BCUT2D eigenvalue weighted by Crippen LogP contribution is 2.33. The second-order valence-corrected chi connectivity index (χ2v) is 7.33. The summed E-state index contributed by atoms with van der Waals surface area (Å²) in [5.41, 5.74) is 1.18. The molecule has 1 atom stereocenters. The van der Waals surface area contributed by atoms with Gasteiger partial charge in [-0.05, 0) is 43.8 Å². The zero-order chi connectivity index (χ0) is 9.90. The number of halogens is 3. The van der Waals surface area contributed by atoms with Gasteiger partial charge in [0.2, 0.25) is 0 Å². The van der Waals surface area contributed by atoms with Gasteiger partial charge in [-0.3, -0.25) is 0 Å². The van der Waals surface area contributed by atoms with Crippen molar-refractivity contribution in [2.75, 3.05) is 0 Å². The van der Waals surface area contributed by atoms with E-state index in [4.69, 9.17) is 0 Å². The van der Waals surface area contributed by atoms with Gasteiger partial charge in [0, 0.05) is 0 Å². The standard InChI is InChI=1S/C9H9Br3O/c10-8(9(11,12)13)6-7-4-2-1-3-5-7/h1-5,8,13H,6H2. The predicted molar refractivity (Wildman–Crippen MR) is 65.7 cm³/mol. The van der Waals surface area contributed by atoms with Gasteiger partial charge >= 0.3 is 0 Å². The van der Waals surface area contributed by atoms with Crippen LogP contribution in [0.5, 0.6) is 0 Å². The summed E-state index contributed by atoms with van der Waals surface area (Å²) < 4.78 is -1.05. The summed E-state index contributed by atoms with van der Waals surface area (Å²) in [6, 6.07) is 9.99. The number of hydrogen-bond acceptors (Lipinski definition) is 1. The van der Waals surface area contributed by atoms with E-state index in [1.165, 1.54) is 5.56 Å². The first kappa shape index (κ1) is 11.7. The minimum absolute atomic E-state index is 0.0672. The molecule has 1 unspecified atom stereocenters. The van der Waals surface area contributed by atoms with E-state index in [1.807, 2.05) is 30.3 Å². The molecule has 1 nitrogen and oxygen atoms in total.